The molecule has 0 saturated carbocycles. The quantitative estimate of drug-likeness (QED) is 0.808. The predicted molar refractivity (Wildman–Crippen MR) is 63.9 cm³/mol. The third-order valence-corrected chi connectivity index (χ3v) is 3.23. The zero-order valence-electron chi connectivity index (χ0n) is 9.57. The number of carbonyl (C=O) groups is 1. The molecular weight excluding hydrogens is 200 g/mol. The van der Waals surface area contributed by atoms with E-state index in [4.69, 9.17) is 5.73 Å². The fourth-order valence-corrected chi connectivity index (χ4v) is 2.17. The van der Waals surface area contributed by atoms with Crippen LogP contribution in [0.3, 0.4) is 0 Å². The summed E-state index contributed by atoms with van der Waals surface area (Å²) in [5.41, 5.74) is 8.30. The Kier molecular flexibility index (Phi) is 3.25. The number of aryl methyl sites for hydroxylation is 1. The molecule has 1 unspecified atom stereocenters. The summed E-state index contributed by atoms with van der Waals surface area (Å²) in [4.78, 5) is 11.7. The summed E-state index contributed by atoms with van der Waals surface area (Å²) in [5, 5.41) is 3.02. The molecule has 2 atom stereocenters. The lowest BCUT2D eigenvalue weighted by atomic mass is 10.1. The van der Waals surface area contributed by atoms with Crippen LogP contribution in [0.1, 0.15) is 36.9 Å². The molecule has 0 spiro atoms. The Morgan fingerprint density at radius 3 is 3.06 bits per heavy atom. The van der Waals surface area contributed by atoms with Crippen LogP contribution in [0.25, 0.3) is 0 Å². The topological polar surface area (TPSA) is 55.1 Å². The van der Waals surface area contributed by atoms with E-state index in [0.717, 1.165) is 12.8 Å². The molecule has 0 saturated heterocycles. The normalized spacial score (nSPS) is 20.2. The number of hydrogen-bond donors (Lipinski definition) is 2. The molecule has 1 aliphatic carbocycles. The van der Waals surface area contributed by atoms with E-state index in [1.807, 2.05) is 19.1 Å². The van der Waals surface area contributed by atoms with Crippen LogP contribution in [0.2, 0.25) is 0 Å². The van der Waals surface area contributed by atoms with Gasteiger partial charge in [0.2, 0.25) is 5.91 Å². The monoisotopic (exact) mass is 218 g/mol. The predicted octanol–water partition coefficient (Wildman–Crippen LogP) is 1.53. The van der Waals surface area contributed by atoms with Crippen molar-refractivity contribution in [2.24, 2.45) is 5.73 Å². The fourth-order valence-electron chi connectivity index (χ4n) is 2.17. The summed E-state index contributed by atoms with van der Waals surface area (Å²) in [6.07, 6.45) is 2.71. The van der Waals surface area contributed by atoms with Crippen molar-refractivity contribution in [2.45, 2.75) is 38.3 Å². The molecule has 0 bridgehead atoms. The first-order valence-electron chi connectivity index (χ1n) is 5.86. The number of benzene rings is 1. The van der Waals surface area contributed by atoms with Crippen molar-refractivity contribution in [1.29, 1.82) is 0 Å². The number of amides is 1. The molecule has 0 aromatic heterocycles. The lowest BCUT2D eigenvalue weighted by molar-refractivity contribution is -0.123. The first kappa shape index (κ1) is 11.1. The van der Waals surface area contributed by atoms with Gasteiger partial charge in [-0.1, -0.05) is 31.2 Å². The van der Waals surface area contributed by atoms with Crippen molar-refractivity contribution in [3.05, 3.63) is 35.4 Å². The zero-order chi connectivity index (χ0) is 11.5. The maximum absolute atomic E-state index is 11.7. The van der Waals surface area contributed by atoms with Crippen LogP contribution in [0, 0.1) is 0 Å². The van der Waals surface area contributed by atoms with Gasteiger partial charge in [0.1, 0.15) is 0 Å². The van der Waals surface area contributed by atoms with Crippen LogP contribution >= 0.6 is 0 Å². The second-order valence-electron chi connectivity index (χ2n) is 4.31. The van der Waals surface area contributed by atoms with Crippen LogP contribution in [-0.4, -0.2) is 11.9 Å². The zero-order valence-corrected chi connectivity index (χ0v) is 9.57. The van der Waals surface area contributed by atoms with E-state index >= 15 is 0 Å². The van der Waals surface area contributed by atoms with Crippen LogP contribution in [0.5, 0.6) is 0 Å². The second kappa shape index (κ2) is 4.66. The number of nitrogens with two attached hydrogens (primary N) is 1. The van der Waals surface area contributed by atoms with E-state index in [0.29, 0.717) is 6.42 Å². The highest BCUT2D eigenvalue weighted by Gasteiger charge is 2.24. The van der Waals surface area contributed by atoms with Crippen molar-refractivity contribution in [3.63, 3.8) is 0 Å². The largest absolute Gasteiger partial charge is 0.348 e. The molecule has 0 heterocycles. The highest BCUT2D eigenvalue weighted by atomic mass is 16.2. The van der Waals surface area contributed by atoms with E-state index in [-0.39, 0.29) is 18.0 Å². The minimum atomic E-state index is -0.382. The van der Waals surface area contributed by atoms with Gasteiger partial charge in [0.15, 0.2) is 0 Å². The van der Waals surface area contributed by atoms with Crippen molar-refractivity contribution in [3.8, 4) is 0 Å². The highest BCUT2D eigenvalue weighted by molar-refractivity contribution is 5.81. The third kappa shape index (κ3) is 2.09. The van der Waals surface area contributed by atoms with Gasteiger partial charge in [-0.05, 0) is 30.4 Å². The standard InChI is InChI=1S/C13H18N2O/c1-2-11(14)13(16)15-12-8-7-9-5-3-4-6-10(9)12/h3-6,11-12H,2,7-8,14H2,1H3,(H,15,16)/t11-,12?/m0/s1. The second-order valence-corrected chi connectivity index (χ2v) is 4.31. The molecular formula is C13H18N2O. The Hall–Kier alpha value is -1.35. The van der Waals surface area contributed by atoms with Gasteiger partial charge in [-0.15, -0.1) is 0 Å². The molecule has 0 fully saturated rings. The summed E-state index contributed by atoms with van der Waals surface area (Å²) >= 11 is 0. The number of fused-ring (bicyclic) bond motifs is 1. The van der Waals surface area contributed by atoms with Gasteiger partial charge in [-0.2, -0.15) is 0 Å². The molecule has 0 aliphatic heterocycles. The number of carbonyl (C=O) groups excluding carboxylic acids is 1. The molecule has 3 heteroatoms. The fraction of sp³-hybridized carbons (Fsp3) is 0.462. The molecule has 16 heavy (non-hydrogen) atoms. The lowest BCUT2D eigenvalue weighted by Gasteiger charge is -2.16. The minimum Gasteiger partial charge on any atom is -0.348 e. The maximum atomic E-state index is 11.7. The molecule has 1 aromatic carbocycles. The average Bonchev–Trinajstić information content (AvgIpc) is 2.72. The number of hydrogen-bond acceptors (Lipinski definition) is 2. The minimum absolute atomic E-state index is 0.0378. The van der Waals surface area contributed by atoms with E-state index in [2.05, 4.69) is 17.4 Å². The van der Waals surface area contributed by atoms with E-state index < -0.39 is 0 Å². The van der Waals surface area contributed by atoms with Crippen LogP contribution < -0.4 is 11.1 Å². The molecule has 3 N–H and O–H groups in total. The molecule has 1 aromatic rings. The number of nitrogens with one attached hydrogen (secondary N) is 1. The van der Waals surface area contributed by atoms with Gasteiger partial charge in [-0.25, -0.2) is 0 Å². The van der Waals surface area contributed by atoms with E-state index in [1.165, 1.54) is 11.1 Å². The molecule has 1 aliphatic rings. The summed E-state index contributed by atoms with van der Waals surface area (Å²) in [5.74, 6) is -0.0378. The van der Waals surface area contributed by atoms with Gasteiger partial charge in [-0.3, -0.25) is 4.79 Å². The smallest absolute Gasteiger partial charge is 0.237 e. The average molecular weight is 218 g/mol. The van der Waals surface area contributed by atoms with Crippen molar-refractivity contribution >= 4 is 5.91 Å². The van der Waals surface area contributed by atoms with Crippen LogP contribution in [0.15, 0.2) is 24.3 Å². The molecule has 2 rings (SSSR count). The van der Waals surface area contributed by atoms with Crippen molar-refractivity contribution < 1.29 is 4.79 Å². The SMILES string of the molecule is CC[C@H](N)C(=O)NC1CCc2ccccc21. The van der Waals surface area contributed by atoms with Gasteiger partial charge >= 0.3 is 0 Å². The van der Waals surface area contributed by atoms with Gasteiger partial charge < -0.3 is 11.1 Å². The van der Waals surface area contributed by atoms with Crippen molar-refractivity contribution in [2.75, 3.05) is 0 Å². The first-order chi connectivity index (χ1) is 7.72. The van der Waals surface area contributed by atoms with Crippen molar-refractivity contribution in [1.82, 2.24) is 5.32 Å². The van der Waals surface area contributed by atoms with Gasteiger partial charge in [0, 0.05) is 0 Å². The Morgan fingerprint density at radius 2 is 2.31 bits per heavy atom. The summed E-state index contributed by atoms with van der Waals surface area (Å²) < 4.78 is 0. The Bertz CT molecular complexity index is 389. The summed E-state index contributed by atoms with van der Waals surface area (Å²) in [6, 6.07) is 8.05. The molecule has 3 nitrogen and oxygen atoms in total. The lowest BCUT2D eigenvalue weighted by Crippen LogP contribution is -2.41. The summed E-state index contributed by atoms with van der Waals surface area (Å²) in [6.45, 7) is 1.92. The Labute approximate surface area is 96.0 Å². The maximum Gasteiger partial charge on any atom is 0.237 e. The first-order valence-corrected chi connectivity index (χ1v) is 5.86. The third-order valence-electron chi connectivity index (χ3n) is 3.23. The van der Waals surface area contributed by atoms with Crippen LogP contribution in [-0.2, 0) is 11.2 Å². The molecule has 1 amide bonds. The number of rotatable bonds is 3. The van der Waals surface area contributed by atoms with Gasteiger partial charge in [0.25, 0.3) is 0 Å². The molecule has 0 radical (unpaired) electrons. The summed E-state index contributed by atoms with van der Waals surface area (Å²) in [7, 11) is 0. The van der Waals surface area contributed by atoms with Crippen LogP contribution in [0.4, 0.5) is 0 Å². The van der Waals surface area contributed by atoms with E-state index in [1.54, 1.807) is 0 Å². The Morgan fingerprint density at radius 1 is 1.56 bits per heavy atom. The molecule has 86 valence electrons. The van der Waals surface area contributed by atoms with E-state index in [9.17, 15) is 4.79 Å². The highest BCUT2D eigenvalue weighted by Crippen LogP contribution is 2.30. The van der Waals surface area contributed by atoms with Gasteiger partial charge in [0.05, 0.1) is 12.1 Å². The Balaban J connectivity index is 2.06.